The second-order valence-corrected chi connectivity index (χ2v) is 8.23. The van der Waals surface area contributed by atoms with Crippen LogP contribution < -0.4 is 10.6 Å². The summed E-state index contributed by atoms with van der Waals surface area (Å²) < 4.78 is 7.12. The van der Waals surface area contributed by atoms with E-state index in [9.17, 15) is 4.79 Å². The number of thiazole rings is 1. The minimum absolute atomic E-state index is 0. The van der Waals surface area contributed by atoms with Crippen LogP contribution >= 0.6 is 23.7 Å². The summed E-state index contributed by atoms with van der Waals surface area (Å²) in [6.45, 7) is 5.06. The Kier molecular flexibility index (Phi) is 7.26. The highest BCUT2D eigenvalue weighted by atomic mass is 35.5. The molecule has 0 fully saturated rings. The highest BCUT2D eigenvalue weighted by Crippen LogP contribution is 2.31. The van der Waals surface area contributed by atoms with Crippen molar-refractivity contribution in [3.05, 3.63) is 72.0 Å². The first-order chi connectivity index (χ1) is 14.1. The van der Waals surface area contributed by atoms with Crippen molar-refractivity contribution in [3.8, 4) is 10.8 Å². The zero-order valence-corrected chi connectivity index (χ0v) is 18.5. The van der Waals surface area contributed by atoms with Gasteiger partial charge in [-0.25, -0.2) is 4.98 Å². The maximum atomic E-state index is 11.9. The van der Waals surface area contributed by atoms with Gasteiger partial charge in [-0.15, -0.1) is 23.7 Å². The van der Waals surface area contributed by atoms with Gasteiger partial charge in [0.25, 0.3) is 0 Å². The van der Waals surface area contributed by atoms with E-state index in [2.05, 4.69) is 21.7 Å². The summed E-state index contributed by atoms with van der Waals surface area (Å²) in [6, 6.07) is 19.9. The molecule has 2 N–H and O–H groups in total. The lowest BCUT2D eigenvalue weighted by atomic mass is 10.1. The largest absolute Gasteiger partial charge is 0.457 e. The van der Waals surface area contributed by atoms with Crippen molar-refractivity contribution < 1.29 is 9.21 Å². The van der Waals surface area contributed by atoms with Crippen LogP contribution in [0.2, 0.25) is 0 Å². The third kappa shape index (κ3) is 5.27. The van der Waals surface area contributed by atoms with Crippen molar-refractivity contribution in [1.82, 2.24) is 10.3 Å². The maximum Gasteiger partial charge on any atom is 0.226 e. The number of amides is 1. The van der Waals surface area contributed by atoms with Gasteiger partial charge in [0.2, 0.25) is 5.91 Å². The van der Waals surface area contributed by atoms with Crippen LogP contribution in [0.1, 0.15) is 25.2 Å². The Bertz CT molecular complexity index is 1100. The van der Waals surface area contributed by atoms with E-state index in [1.807, 2.05) is 68.4 Å². The van der Waals surface area contributed by atoms with E-state index in [1.54, 1.807) is 11.3 Å². The van der Waals surface area contributed by atoms with E-state index in [1.165, 1.54) is 0 Å². The summed E-state index contributed by atoms with van der Waals surface area (Å²) in [5.41, 5.74) is 2.91. The summed E-state index contributed by atoms with van der Waals surface area (Å²) >= 11 is 1.63. The lowest BCUT2D eigenvalue weighted by Crippen LogP contribution is -2.18. The molecule has 30 heavy (non-hydrogen) atoms. The molecular weight excluding hydrogens is 418 g/mol. The van der Waals surface area contributed by atoms with E-state index in [-0.39, 0.29) is 24.2 Å². The van der Waals surface area contributed by atoms with Crippen LogP contribution in [0.4, 0.5) is 5.69 Å². The number of nitrogens with one attached hydrogen (secondary N) is 2. The third-order valence-corrected chi connectivity index (χ3v) is 5.56. The molecule has 0 aliphatic heterocycles. The van der Waals surface area contributed by atoms with Crippen LogP contribution in [0.15, 0.2) is 65.1 Å². The van der Waals surface area contributed by atoms with Gasteiger partial charge in [-0.3, -0.25) is 4.79 Å². The smallest absolute Gasteiger partial charge is 0.226 e. The molecule has 0 aliphatic rings. The number of furan rings is 1. The van der Waals surface area contributed by atoms with Crippen LogP contribution in [0.25, 0.3) is 21.0 Å². The van der Waals surface area contributed by atoms with Crippen LogP contribution in [0, 0.1) is 5.92 Å². The fourth-order valence-electron chi connectivity index (χ4n) is 2.94. The Balaban J connectivity index is 0.00000256. The molecule has 0 radical (unpaired) electrons. The van der Waals surface area contributed by atoms with Gasteiger partial charge in [-0.05, 0) is 42.0 Å². The first-order valence-corrected chi connectivity index (χ1v) is 10.5. The predicted molar refractivity (Wildman–Crippen MR) is 125 cm³/mol. The fourth-order valence-corrected chi connectivity index (χ4v) is 3.87. The number of rotatable bonds is 7. The van der Waals surface area contributed by atoms with Crippen molar-refractivity contribution >= 4 is 45.6 Å². The molecule has 0 saturated heterocycles. The molecule has 4 aromatic rings. The summed E-state index contributed by atoms with van der Waals surface area (Å²) in [7, 11) is 0. The molecule has 0 aliphatic carbocycles. The number of hydrogen-bond acceptors (Lipinski definition) is 5. The molecule has 2 aromatic heterocycles. The van der Waals surface area contributed by atoms with Crippen molar-refractivity contribution in [2.45, 2.75) is 26.9 Å². The average Bonchev–Trinajstić information content (AvgIpc) is 3.35. The number of anilines is 1. The van der Waals surface area contributed by atoms with Gasteiger partial charge in [0.05, 0.1) is 16.8 Å². The first kappa shape index (κ1) is 22.0. The number of para-hydroxylation sites is 1. The average molecular weight is 442 g/mol. The Morgan fingerprint density at radius 1 is 1.07 bits per heavy atom. The molecule has 2 aromatic carbocycles. The Hall–Kier alpha value is -2.67. The van der Waals surface area contributed by atoms with Crippen LogP contribution in [0.5, 0.6) is 0 Å². The second-order valence-electron chi connectivity index (χ2n) is 7.20. The van der Waals surface area contributed by atoms with Crippen molar-refractivity contribution in [3.63, 3.8) is 0 Å². The Morgan fingerprint density at radius 3 is 2.70 bits per heavy atom. The molecule has 2 heterocycles. The summed E-state index contributed by atoms with van der Waals surface area (Å²) in [4.78, 5) is 16.5. The highest BCUT2D eigenvalue weighted by Gasteiger charge is 2.11. The lowest BCUT2D eigenvalue weighted by Gasteiger charge is -2.09. The minimum atomic E-state index is -0.0413. The van der Waals surface area contributed by atoms with E-state index < -0.39 is 0 Å². The second kappa shape index (κ2) is 9.89. The lowest BCUT2D eigenvalue weighted by molar-refractivity contribution is -0.118. The van der Waals surface area contributed by atoms with Crippen LogP contribution in [0.3, 0.4) is 0 Å². The highest BCUT2D eigenvalue weighted by molar-refractivity contribution is 7.21. The number of nitrogens with zero attached hydrogens (tertiary/aromatic N) is 1. The maximum absolute atomic E-state index is 11.9. The van der Waals surface area contributed by atoms with Gasteiger partial charge >= 0.3 is 0 Å². The molecular formula is C23H24ClN3O2S. The van der Waals surface area contributed by atoms with E-state index in [0.717, 1.165) is 38.0 Å². The molecule has 156 valence electrons. The fraction of sp³-hybridized carbons (Fsp3) is 0.217. The van der Waals surface area contributed by atoms with Crippen molar-refractivity contribution in [1.29, 1.82) is 0 Å². The Morgan fingerprint density at radius 2 is 1.90 bits per heavy atom. The van der Waals surface area contributed by atoms with E-state index >= 15 is 0 Å². The molecule has 0 unspecified atom stereocenters. The number of hydrogen-bond donors (Lipinski definition) is 2. The van der Waals surface area contributed by atoms with Gasteiger partial charge in [0.1, 0.15) is 5.76 Å². The monoisotopic (exact) mass is 441 g/mol. The number of fused-ring (bicyclic) bond motifs is 1. The molecule has 5 nitrogen and oxygen atoms in total. The number of carbonyl (C=O) groups is 1. The number of benzene rings is 2. The molecule has 0 atom stereocenters. The van der Waals surface area contributed by atoms with Crippen molar-refractivity contribution in [2.24, 2.45) is 5.92 Å². The molecule has 4 rings (SSSR count). The minimum Gasteiger partial charge on any atom is -0.457 e. The molecule has 1 amide bonds. The zero-order valence-electron chi connectivity index (χ0n) is 16.8. The standard InChI is InChI=1S/C23H23N3O2S.ClH/c1-15(2)22(27)25-17-7-5-6-16(12-17)13-24-14-18-10-11-20(28-18)23-26-19-8-3-4-9-21(19)29-23;/h3-12,15,24H,13-14H2,1-2H3,(H,25,27);1H. The van der Waals surface area contributed by atoms with E-state index in [4.69, 9.17) is 4.42 Å². The third-order valence-electron chi connectivity index (χ3n) is 4.51. The molecule has 0 saturated carbocycles. The van der Waals surface area contributed by atoms with Crippen LogP contribution in [-0.2, 0) is 17.9 Å². The van der Waals surface area contributed by atoms with Gasteiger partial charge in [0.15, 0.2) is 10.8 Å². The number of halogens is 1. The predicted octanol–water partition coefficient (Wildman–Crippen LogP) is 5.86. The summed E-state index contributed by atoms with van der Waals surface area (Å²) in [5, 5.41) is 7.21. The molecule has 0 bridgehead atoms. The Labute approximate surface area is 185 Å². The molecule has 0 spiro atoms. The topological polar surface area (TPSA) is 67.2 Å². The molecule has 7 heteroatoms. The quantitative estimate of drug-likeness (QED) is 0.376. The normalized spacial score (nSPS) is 10.9. The summed E-state index contributed by atoms with van der Waals surface area (Å²) in [5.74, 6) is 1.64. The number of carbonyl (C=O) groups excluding carboxylic acids is 1. The van der Waals surface area contributed by atoms with Crippen LogP contribution in [-0.4, -0.2) is 10.9 Å². The van der Waals surface area contributed by atoms with Gasteiger partial charge < -0.3 is 15.1 Å². The SMILES string of the molecule is CC(C)C(=O)Nc1cccc(CNCc2ccc(-c3nc4ccccc4s3)o2)c1.Cl. The summed E-state index contributed by atoms with van der Waals surface area (Å²) in [6.07, 6.45) is 0. The van der Waals surface area contributed by atoms with Gasteiger partial charge in [-0.1, -0.05) is 38.1 Å². The zero-order chi connectivity index (χ0) is 20.2. The van der Waals surface area contributed by atoms with Gasteiger partial charge in [0, 0.05) is 18.2 Å². The van der Waals surface area contributed by atoms with Crippen molar-refractivity contribution in [2.75, 3.05) is 5.32 Å². The number of aromatic nitrogens is 1. The van der Waals surface area contributed by atoms with E-state index in [0.29, 0.717) is 13.1 Å². The van der Waals surface area contributed by atoms with Gasteiger partial charge in [-0.2, -0.15) is 0 Å². The first-order valence-electron chi connectivity index (χ1n) is 9.63.